The van der Waals surface area contributed by atoms with E-state index in [2.05, 4.69) is 75.6 Å². The zero-order valence-electron chi connectivity index (χ0n) is 21.5. The Balaban J connectivity index is 0.000000214. The molecule has 0 saturated heterocycles. The predicted molar refractivity (Wildman–Crippen MR) is 147 cm³/mol. The van der Waals surface area contributed by atoms with Gasteiger partial charge in [0.2, 0.25) is 0 Å². The molecule has 0 atom stereocenters. The van der Waals surface area contributed by atoms with Crippen molar-refractivity contribution in [1.82, 2.24) is 14.5 Å². The quantitative estimate of drug-likeness (QED) is 0.212. The van der Waals surface area contributed by atoms with Gasteiger partial charge in [0.1, 0.15) is 0 Å². The van der Waals surface area contributed by atoms with Gasteiger partial charge in [-0.05, 0) is 99.0 Å². The molecule has 0 fully saturated rings. The predicted octanol–water partition coefficient (Wildman–Crippen LogP) is 7.21. The maximum Gasteiger partial charge on any atom is 0.335 e. The van der Waals surface area contributed by atoms with Crippen LogP contribution in [0.1, 0.15) is 58.4 Å². The Labute approximate surface area is 212 Å². The van der Waals surface area contributed by atoms with Gasteiger partial charge in [-0.15, -0.1) is 0 Å². The highest BCUT2D eigenvalue weighted by Gasteiger charge is 2.11. The molecule has 0 unspecified atom stereocenters. The van der Waals surface area contributed by atoms with Gasteiger partial charge in [-0.25, -0.2) is 9.48 Å². The number of nitrogens with zero attached hydrogens (tertiary/aromatic N) is 2. The highest BCUT2D eigenvalue weighted by molar-refractivity contribution is 7.97. The molecule has 0 aliphatic carbocycles. The zero-order valence-corrected chi connectivity index (χ0v) is 22.3. The Morgan fingerprint density at radius 2 is 1.69 bits per heavy atom. The summed E-state index contributed by atoms with van der Waals surface area (Å²) in [7, 11) is 0. The number of rotatable bonds is 7. The Morgan fingerprint density at radius 1 is 1.00 bits per heavy atom. The van der Waals surface area contributed by atoms with E-state index in [9.17, 15) is 4.79 Å². The number of hydrogen-bond acceptors (Lipinski definition) is 4. The molecule has 1 aromatic heterocycles. The fraction of sp³-hybridized carbons (Fsp3) is 0.310. The normalized spacial score (nSPS) is 10.8. The molecule has 184 valence electrons. The molecule has 5 nitrogen and oxygen atoms in total. The van der Waals surface area contributed by atoms with Crippen LogP contribution in [0.3, 0.4) is 0 Å². The van der Waals surface area contributed by atoms with E-state index in [4.69, 9.17) is 5.11 Å². The van der Waals surface area contributed by atoms with Gasteiger partial charge in [-0.3, -0.25) is 4.72 Å². The first-order valence-electron chi connectivity index (χ1n) is 12.0. The molecular formula is C29H35N3O2S. The number of aromatic carboxylic acids is 1. The SMILES string of the molecule is CCCNSc1c(C)cc(C)cc1C.CCc1cc(C)cc2c1cnn2-c1cccc(C(=O)O)c1. The minimum Gasteiger partial charge on any atom is -0.478 e. The highest BCUT2D eigenvalue weighted by atomic mass is 32.2. The van der Waals surface area contributed by atoms with Crippen LogP contribution in [0, 0.1) is 27.7 Å². The molecule has 3 aromatic carbocycles. The lowest BCUT2D eigenvalue weighted by Gasteiger charge is -2.10. The molecule has 0 bridgehead atoms. The Hall–Kier alpha value is -3.09. The first-order chi connectivity index (χ1) is 16.7. The van der Waals surface area contributed by atoms with Gasteiger partial charge in [0.15, 0.2) is 0 Å². The molecule has 1 heterocycles. The molecule has 0 amide bonds. The van der Waals surface area contributed by atoms with E-state index >= 15 is 0 Å². The summed E-state index contributed by atoms with van der Waals surface area (Å²) in [5.74, 6) is -0.932. The maximum atomic E-state index is 11.1. The number of fused-ring (bicyclic) bond motifs is 1. The van der Waals surface area contributed by atoms with E-state index < -0.39 is 5.97 Å². The molecule has 35 heavy (non-hydrogen) atoms. The summed E-state index contributed by atoms with van der Waals surface area (Å²) in [4.78, 5) is 12.5. The van der Waals surface area contributed by atoms with Crippen LogP contribution in [-0.4, -0.2) is 27.4 Å². The van der Waals surface area contributed by atoms with Crippen molar-refractivity contribution in [2.75, 3.05) is 6.54 Å². The smallest absolute Gasteiger partial charge is 0.335 e. The van der Waals surface area contributed by atoms with Crippen molar-refractivity contribution in [2.45, 2.75) is 59.3 Å². The monoisotopic (exact) mass is 489 g/mol. The number of carbonyl (C=O) groups is 1. The molecule has 0 aliphatic rings. The summed E-state index contributed by atoms with van der Waals surface area (Å²) in [5.41, 5.74) is 8.56. The van der Waals surface area contributed by atoms with Crippen molar-refractivity contribution >= 4 is 28.8 Å². The number of aryl methyl sites for hydroxylation is 5. The lowest BCUT2D eigenvalue weighted by molar-refractivity contribution is 0.0697. The minimum absolute atomic E-state index is 0.263. The summed E-state index contributed by atoms with van der Waals surface area (Å²) in [6.45, 7) is 13.9. The van der Waals surface area contributed by atoms with Crippen LogP contribution in [0.2, 0.25) is 0 Å². The van der Waals surface area contributed by atoms with Gasteiger partial charge < -0.3 is 5.11 Å². The molecule has 6 heteroatoms. The average molecular weight is 490 g/mol. The lowest BCUT2D eigenvalue weighted by atomic mass is 10.0. The first kappa shape index (κ1) is 26.5. The minimum atomic E-state index is -0.932. The van der Waals surface area contributed by atoms with E-state index in [0.29, 0.717) is 0 Å². The van der Waals surface area contributed by atoms with Crippen molar-refractivity contribution in [2.24, 2.45) is 0 Å². The summed E-state index contributed by atoms with van der Waals surface area (Å²) in [6.07, 6.45) is 3.97. The molecule has 0 saturated carbocycles. The van der Waals surface area contributed by atoms with Gasteiger partial charge in [0.05, 0.1) is 23.0 Å². The first-order valence-corrected chi connectivity index (χ1v) is 12.8. The molecule has 4 aromatic rings. The van der Waals surface area contributed by atoms with Crippen LogP contribution in [0.25, 0.3) is 16.6 Å². The van der Waals surface area contributed by atoms with E-state index in [1.165, 1.54) is 39.1 Å². The number of benzene rings is 3. The molecular weight excluding hydrogens is 454 g/mol. The second-order valence-corrected chi connectivity index (χ2v) is 9.75. The molecule has 0 radical (unpaired) electrons. The number of hydrogen-bond donors (Lipinski definition) is 2. The Morgan fingerprint density at radius 3 is 2.31 bits per heavy atom. The highest BCUT2D eigenvalue weighted by Crippen LogP contribution is 2.26. The third-order valence-corrected chi connectivity index (χ3v) is 6.96. The van der Waals surface area contributed by atoms with Gasteiger partial charge in [-0.2, -0.15) is 5.10 Å². The van der Waals surface area contributed by atoms with E-state index in [1.807, 2.05) is 12.3 Å². The third kappa shape index (κ3) is 6.53. The standard InChI is InChI=1S/C17H16N2O2.C12H19NS/c1-3-12-7-11(2)8-16-15(12)10-18-19(16)14-6-4-5-13(9-14)17(20)21;1-5-6-13-14-12-10(3)7-9(2)8-11(12)4/h4-10H,3H2,1-2H3,(H,20,21);7-8,13H,5-6H2,1-4H3. The van der Waals surface area contributed by atoms with Crippen molar-refractivity contribution in [1.29, 1.82) is 0 Å². The molecule has 2 N–H and O–H groups in total. The molecule has 0 aliphatic heterocycles. The summed E-state index contributed by atoms with van der Waals surface area (Å²) in [6, 6.07) is 15.6. The molecule has 4 rings (SSSR count). The number of carboxylic acids is 1. The fourth-order valence-corrected chi connectivity index (χ4v) is 5.07. The Bertz CT molecular complexity index is 1300. The summed E-state index contributed by atoms with van der Waals surface area (Å²) < 4.78 is 5.17. The van der Waals surface area contributed by atoms with Crippen LogP contribution in [0.4, 0.5) is 0 Å². The number of aromatic nitrogens is 2. The van der Waals surface area contributed by atoms with Crippen LogP contribution in [-0.2, 0) is 6.42 Å². The van der Waals surface area contributed by atoms with E-state index in [1.54, 1.807) is 34.8 Å². The second-order valence-electron chi connectivity index (χ2n) is 8.85. The van der Waals surface area contributed by atoms with Gasteiger partial charge in [0, 0.05) is 16.8 Å². The molecule has 0 spiro atoms. The second kappa shape index (κ2) is 12.0. The number of nitrogens with one attached hydrogen (secondary N) is 1. The van der Waals surface area contributed by atoms with Gasteiger partial charge in [-0.1, -0.05) is 43.7 Å². The third-order valence-electron chi connectivity index (χ3n) is 5.77. The largest absolute Gasteiger partial charge is 0.478 e. The maximum absolute atomic E-state index is 11.1. The van der Waals surface area contributed by atoms with Crippen LogP contribution in [0.5, 0.6) is 0 Å². The average Bonchev–Trinajstić information content (AvgIpc) is 3.24. The Kier molecular flexibility index (Phi) is 9.13. The topological polar surface area (TPSA) is 67.2 Å². The van der Waals surface area contributed by atoms with Crippen molar-refractivity contribution in [3.63, 3.8) is 0 Å². The van der Waals surface area contributed by atoms with Gasteiger partial charge in [0.25, 0.3) is 0 Å². The van der Waals surface area contributed by atoms with Crippen LogP contribution in [0.15, 0.2) is 59.6 Å². The summed E-state index contributed by atoms with van der Waals surface area (Å²) in [5, 5.41) is 14.7. The van der Waals surface area contributed by atoms with Crippen LogP contribution < -0.4 is 4.72 Å². The van der Waals surface area contributed by atoms with E-state index in [0.717, 1.165) is 29.6 Å². The zero-order chi connectivity index (χ0) is 25.5. The summed E-state index contributed by atoms with van der Waals surface area (Å²) >= 11 is 1.76. The van der Waals surface area contributed by atoms with Crippen molar-refractivity contribution < 1.29 is 9.90 Å². The fourth-order valence-electron chi connectivity index (χ4n) is 4.18. The van der Waals surface area contributed by atoms with Crippen molar-refractivity contribution in [3.8, 4) is 5.69 Å². The number of carboxylic acid groups (broad SMARTS) is 1. The van der Waals surface area contributed by atoms with Crippen molar-refractivity contribution in [3.05, 3.63) is 88.1 Å². The van der Waals surface area contributed by atoms with E-state index in [-0.39, 0.29) is 5.56 Å². The van der Waals surface area contributed by atoms with Crippen LogP contribution >= 0.6 is 11.9 Å². The lowest BCUT2D eigenvalue weighted by Crippen LogP contribution is -2.04. The van der Waals surface area contributed by atoms with Gasteiger partial charge >= 0.3 is 5.97 Å².